The third-order valence-corrected chi connectivity index (χ3v) is 9.72. The van der Waals surface area contributed by atoms with Crippen molar-refractivity contribution < 1.29 is 58.3 Å². The van der Waals surface area contributed by atoms with Crippen LogP contribution < -0.4 is 10.2 Å². The molecule has 4 rings (SSSR count). The van der Waals surface area contributed by atoms with E-state index in [-0.39, 0.29) is 55.7 Å². The lowest BCUT2D eigenvalue weighted by Gasteiger charge is -2.22. The van der Waals surface area contributed by atoms with Gasteiger partial charge in [0.25, 0.3) is 10.1 Å². The van der Waals surface area contributed by atoms with Crippen molar-refractivity contribution in [2.24, 2.45) is 0 Å². The van der Waals surface area contributed by atoms with Crippen LogP contribution in [0.2, 0.25) is 5.28 Å². The van der Waals surface area contributed by atoms with Crippen LogP contribution in [0.5, 0.6) is 5.75 Å². The predicted octanol–water partition coefficient (Wildman–Crippen LogP) is 3.55. The Morgan fingerprint density at radius 2 is 1.74 bits per heavy atom. The standard InChI is InChI=1S/C23H22ClN5O13S4/c1-2-29(13-4-3-5-15(10-13)44(32,33)9-8-40-46(37,38)39)23-27-21(24)26-22(28-23)25-17-6-7-19(45(34,35)36)16-11-14(43-42-41-31)12-18(30)20(16)17/h3-7,10-12,30-31H,2,8-9H2,1H3,(H,34,35,36)(H,37,38,39)(H,25,26,27,28). The van der Waals surface area contributed by atoms with Crippen molar-refractivity contribution in [1.82, 2.24) is 15.0 Å². The number of nitrogens with one attached hydrogen (secondary N) is 1. The molecule has 5 N–H and O–H groups in total. The summed E-state index contributed by atoms with van der Waals surface area (Å²) >= 11 is 6.62. The molecule has 0 aliphatic carbocycles. The molecule has 0 atom stereocenters. The van der Waals surface area contributed by atoms with Gasteiger partial charge < -0.3 is 15.3 Å². The van der Waals surface area contributed by atoms with Gasteiger partial charge in [0, 0.05) is 27.9 Å². The van der Waals surface area contributed by atoms with Gasteiger partial charge in [-0.3, -0.25) is 9.11 Å². The van der Waals surface area contributed by atoms with Crippen LogP contribution in [-0.2, 0) is 43.9 Å². The number of hydrogen-bond acceptors (Lipinski definition) is 17. The van der Waals surface area contributed by atoms with Crippen molar-refractivity contribution in [2.75, 3.05) is 29.1 Å². The largest absolute Gasteiger partial charge is 0.507 e. The fraction of sp³-hybridized carbons (Fsp3) is 0.174. The normalized spacial score (nSPS) is 12.4. The van der Waals surface area contributed by atoms with Gasteiger partial charge in [0.05, 0.1) is 35.0 Å². The molecular weight excluding hydrogens is 718 g/mol. The van der Waals surface area contributed by atoms with Crippen molar-refractivity contribution in [2.45, 2.75) is 21.6 Å². The van der Waals surface area contributed by atoms with Crippen LogP contribution in [0.1, 0.15) is 6.92 Å². The molecule has 46 heavy (non-hydrogen) atoms. The second-order valence-corrected chi connectivity index (χ2v) is 14.5. The van der Waals surface area contributed by atoms with Crippen molar-refractivity contribution in [3.05, 3.63) is 53.8 Å². The van der Waals surface area contributed by atoms with Gasteiger partial charge in [-0.2, -0.15) is 31.8 Å². The van der Waals surface area contributed by atoms with Gasteiger partial charge in [0.2, 0.25) is 17.2 Å². The molecule has 1 aromatic heterocycles. The zero-order valence-corrected chi connectivity index (χ0v) is 27.0. The highest BCUT2D eigenvalue weighted by atomic mass is 35.5. The van der Waals surface area contributed by atoms with E-state index >= 15 is 0 Å². The molecule has 1 heterocycles. The highest BCUT2D eigenvalue weighted by molar-refractivity contribution is 7.94. The van der Waals surface area contributed by atoms with Crippen LogP contribution in [0, 0.1) is 0 Å². The maximum Gasteiger partial charge on any atom is 0.397 e. The Hall–Kier alpha value is -3.42. The van der Waals surface area contributed by atoms with Gasteiger partial charge in [-0.15, -0.1) is 4.33 Å². The minimum absolute atomic E-state index is 0.0582. The van der Waals surface area contributed by atoms with E-state index in [0.717, 1.165) is 12.1 Å². The molecule has 0 saturated carbocycles. The number of phenols is 1. The highest BCUT2D eigenvalue weighted by Gasteiger charge is 2.22. The molecule has 0 bridgehead atoms. The first-order valence-electron chi connectivity index (χ1n) is 12.3. The molecule has 18 nitrogen and oxygen atoms in total. The van der Waals surface area contributed by atoms with Crippen molar-refractivity contribution in [3.8, 4) is 5.75 Å². The summed E-state index contributed by atoms with van der Waals surface area (Å²) in [6, 6.07) is 10.2. The summed E-state index contributed by atoms with van der Waals surface area (Å²) in [6.45, 7) is 1.07. The first-order chi connectivity index (χ1) is 21.5. The summed E-state index contributed by atoms with van der Waals surface area (Å²) in [4.78, 5) is 13.3. The van der Waals surface area contributed by atoms with Crippen LogP contribution in [0.4, 0.5) is 23.3 Å². The van der Waals surface area contributed by atoms with E-state index in [1.807, 2.05) is 0 Å². The van der Waals surface area contributed by atoms with Gasteiger partial charge in [-0.25, -0.2) is 17.9 Å². The molecule has 0 aliphatic rings. The number of halogens is 1. The topological polar surface area (TPSA) is 265 Å². The minimum atomic E-state index is -4.83. The van der Waals surface area contributed by atoms with Gasteiger partial charge in [-0.1, -0.05) is 11.1 Å². The zero-order valence-electron chi connectivity index (χ0n) is 23.0. The molecule has 0 saturated heterocycles. The van der Waals surface area contributed by atoms with E-state index < -0.39 is 53.4 Å². The minimum Gasteiger partial charge on any atom is -0.507 e. The molecule has 3 aromatic carbocycles. The third-order valence-electron chi connectivity index (χ3n) is 5.94. The molecular formula is C23H22ClN5O13S4. The Labute approximate surface area is 270 Å². The number of aromatic nitrogens is 3. The summed E-state index contributed by atoms with van der Waals surface area (Å²) in [7, 11) is -13.7. The Kier molecular flexibility index (Phi) is 10.9. The van der Waals surface area contributed by atoms with Crippen LogP contribution in [0.3, 0.4) is 0 Å². The lowest BCUT2D eigenvalue weighted by atomic mass is 10.1. The van der Waals surface area contributed by atoms with Crippen LogP contribution in [0.25, 0.3) is 10.8 Å². The fourth-order valence-corrected chi connectivity index (χ4v) is 6.92. The first kappa shape index (κ1) is 35.4. The summed E-state index contributed by atoms with van der Waals surface area (Å²) < 4.78 is 98.2. The van der Waals surface area contributed by atoms with Gasteiger partial charge in [0.1, 0.15) is 10.6 Å². The first-order valence-corrected chi connectivity index (χ1v) is 17.9. The monoisotopic (exact) mass is 739 g/mol. The number of hydrogen-bond donors (Lipinski definition) is 5. The van der Waals surface area contributed by atoms with E-state index in [1.54, 1.807) is 13.0 Å². The number of aromatic hydroxyl groups is 1. The number of nitrogens with zero attached hydrogens (tertiary/aromatic N) is 4. The van der Waals surface area contributed by atoms with Crippen LogP contribution in [0.15, 0.2) is 63.2 Å². The smallest absolute Gasteiger partial charge is 0.397 e. The van der Waals surface area contributed by atoms with Crippen molar-refractivity contribution >= 4 is 88.0 Å². The van der Waals surface area contributed by atoms with E-state index in [0.29, 0.717) is 12.0 Å². The maximum absolute atomic E-state index is 12.8. The number of fused-ring (bicyclic) bond motifs is 1. The summed E-state index contributed by atoms with van der Waals surface area (Å²) in [5, 5.41) is 25.0. The highest BCUT2D eigenvalue weighted by Crippen LogP contribution is 2.40. The van der Waals surface area contributed by atoms with Crippen molar-refractivity contribution in [1.29, 1.82) is 0 Å². The number of phenolic OH excluding ortho intramolecular Hbond substituents is 1. The van der Waals surface area contributed by atoms with E-state index in [9.17, 15) is 34.9 Å². The SMILES string of the molecule is CCN(c1cccc(S(=O)(=O)CCOS(=O)(=O)O)c1)c1nc(Cl)nc(Nc2ccc(S(=O)(=O)O)c3cc(SOOO)cc(O)c23)n1. The lowest BCUT2D eigenvalue weighted by molar-refractivity contribution is -0.432. The molecule has 0 amide bonds. The van der Waals surface area contributed by atoms with Gasteiger partial charge >= 0.3 is 10.4 Å². The number of anilines is 4. The van der Waals surface area contributed by atoms with Gasteiger partial charge in [-0.05, 0) is 61.0 Å². The molecule has 0 unspecified atom stereocenters. The van der Waals surface area contributed by atoms with E-state index in [4.69, 9.17) is 21.4 Å². The molecule has 0 spiro atoms. The molecule has 0 fully saturated rings. The Morgan fingerprint density at radius 3 is 2.39 bits per heavy atom. The molecule has 23 heteroatoms. The predicted molar refractivity (Wildman–Crippen MR) is 163 cm³/mol. The quantitative estimate of drug-likeness (QED) is 0.0535. The van der Waals surface area contributed by atoms with Crippen LogP contribution >= 0.6 is 23.6 Å². The maximum atomic E-state index is 12.8. The second-order valence-electron chi connectivity index (χ2n) is 8.84. The third kappa shape index (κ3) is 8.68. The number of rotatable bonds is 14. The Bertz CT molecular complexity index is 2100. The Balaban J connectivity index is 1.72. The average Bonchev–Trinajstić information content (AvgIpc) is 2.95. The van der Waals surface area contributed by atoms with E-state index in [1.165, 1.54) is 35.2 Å². The molecule has 0 radical (unpaired) electrons. The summed E-state index contributed by atoms with van der Waals surface area (Å²) in [5.41, 5.74) is 0.347. The van der Waals surface area contributed by atoms with E-state index in [2.05, 4.69) is 33.8 Å². The zero-order chi connectivity index (χ0) is 33.9. The van der Waals surface area contributed by atoms with Crippen LogP contribution in [-0.4, -0.2) is 78.6 Å². The lowest BCUT2D eigenvalue weighted by Crippen LogP contribution is -2.21. The Morgan fingerprint density at radius 1 is 1.00 bits per heavy atom. The second kappa shape index (κ2) is 14.1. The van der Waals surface area contributed by atoms with Gasteiger partial charge in [0.15, 0.2) is 9.84 Å². The molecule has 0 aliphatic heterocycles. The molecule has 4 aromatic rings. The molecule has 248 valence electrons. The number of sulfone groups is 1. The summed E-state index contributed by atoms with van der Waals surface area (Å²) in [5.74, 6) is -1.48. The fourth-order valence-electron chi connectivity index (χ4n) is 4.13. The number of benzene rings is 3. The van der Waals surface area contributed by atoms with Crippen molar-refractivity contribution in [3.63, 3.8) is 0 Å². The summed E-state index contributed by atoms with van der Waals surface area (Å²) in [6.07, 6.45) is 0. The average molecular weight is 740 g/mol.